The second-order valence-electron chi connectivity index (χ2n) is 6.98. The van der Waals surface area contributed by atoms with Crippen molar-refractivity contribution in [2.45, 2.75) is 52.5 Å². The van der Waals surface area contributed by atoms with Crippen LogP contribution in [-0.4, -0.2) is 11.0 Å². The number of hydrogen-bond acceptors (Lipinski definition) is 3. The van der Waals surface area contributed by atoms with Crippen LogP contribution < -0.4 is 5.32 Å². The molecule has 0 bridgehead atoms. The zero-order valence-electron chi connectivity index (χ0n) is 12.9. The number of hydrogen-bond donors (Lipinski definition) is 1. The molecule has 1 aliphatic carbocycles. The van der Waals surface area contributed by atoms with Gasteiger partial charge in [0.15, 0.2) is 0 Å². The molecule has 2 rings (SSSR count). The Morgan fingerprint density at radius 3 is 2.38 bits per heavy atom. The Kier molecular flexibility index (Phi) is 4.49. The highest BCUT2D eigenvalue weighted by atomic mass is 19.1. The Morgan fingerprint density at radius 2 is 1.86 bits per heavy atom. The van der Waals surface area contributed by atoms with Gasteiger partial charge in [0.2, 0.25) is 0 Å². The Bertz CT molecular complexity index is 517. The normalized spacial score (nSPS) is 22.9. The molecule has 5 heteroatoms. The van der Waals surface area contributed by atoms with Crippen LogP contribution in [0, 0.1) is 27.3 Å². The minimum absolute atomic E-state index is 0.0608. The Balaban J connectivity index is 2.04. The van der Waals surface area contributed by atoms with Gasteiger partial charge in [-0.2, -0.15) is 0 Å². The van der Waals surface area contributed by atoms with Crippen LogP contribution in [0.5, 0.6) is 0 Å². The molecular weight excluding hydrogens is 271 g/mol. The molecule has 1 saturated carbocycles. The maximum Gasteiger partial charge on any atom is 0.292 e. The predicted octanol–water partition coefficient (Wildman–Crippen LogP) is 4.75. The molecule has 0 aromatic heterocycles. The molecular formula is C16H23FN2O2. The molecule has 21 heavy (non-hydrogen) atoms. The van der Waals surface area contributed by atoms with Gasteiger partial charge in [-0.3, -0.25) is 10.1 Å². The van der Waals surface area contributed by atoms with Crippen LogP contribution in [-0.2, 0) is 0 Å². The van der Waals surface area contributed by atoms with E-state index in [2.05, 4.69) is 26.1 Å². The van der Waals surface area contributed by atoms with Gasteiger partial charge >= 0.3 is 0 Å². The number of nitro groups is 1. The third-order valence-electron chi connectivity index (χ3n) is 4.47. The van der Waals surface area contributed by atoms with E-state index in [1.165, 1.54) is 12.1 Å². The molecule has 0 saturated heterocycles. The van der Waals surface area contributed by atoms with Gasteiger partial charge in [0.05, 0.1) is 4.92 Å². The predicted molar refractivity (Wildman–Crippen MR) is 81.9 cm³/mol. The van der Waals surface area contributed by atoms with E-state index in [0.29, 0.717) is 17.0 Å². The van der Waals surface area contributed by atoms with Crippen molar-refractivity contribution in [1.29, 1.82) is 0 Å². The summed E-state index contributed by atoms with van der Waals surface area (Å²) < 4.78 is 13.3. The first kappa shape index (κ1) is 15.7. The van der Waals surface area contributed by atoms with E-state index in [-0.39, 0.29) is 11.7 Å². The average molecular weight is 294 g/mol. The summed E-state index contributed by atoms with van der Waals surface area (Å²) in [6, 6.07) is 3.75. The number of nitro benzene ring substituents is 1. The number of benzene rings is 1. The largest absolute Gasteiger partial charge is 0.377 e. The number of nitrogens with one attached hydrogen (secondary N) is 1. The molecule has 0 spiro atoms. The summed E-state index contributed by atoms with van der Waals surface area (Å²) in [6.45, 7) is 6.76. The van der Waals surface area contributed by atoms with Gasteiger partial charge in [0.25, 0.3) is 5.69 Å². The third kappa shape index (κ3) is 3.93. The number of anilines is 1. The van der Waals surface area contributed by atoms with Crippen LogP contribution in [0.3, 0.4) is 0 Å². The first-order valence-electron chi connectivity index (χ1n) is 7.48. The maximum absolute atomic E-state index is 13.3. The molecule has 1 aliphatic rings. The highest BCUT2D eigenvalue weighted by Gasteiger charge is 2.30. The summed E-state index contributed by atoms with van der Waals surface area (Å²) >= 11 is 0. The van der Waals surface area contributed by atoms with E-state index < -0.39 is 10.7 Å². The van der Waals surface area contributed by atoms with E-state index in [1.807, 2.05) is 0 Å². The van der Waals surface area contributed by atoms with E-state index in [0.717, 1.165) is 31.7 Å². The number of halogens is 1. The number of rotatable bonds is 3. The van der Waals surface area contributed by atoms with Gasteiger partial charge in [-0.1, -0.05) is 20.8 Å². The lowest BCUT2D eigenvalue weighted by atomic mass is 9.71. The van der Waals surface area contributed by atoms with Gasteiger partial charge < -0.3 is 5.32 Å². The summed E-state index contributed by atoms with van der Waals surface area (Å²) in [5, 5.41) is 14.2. The molecule has 0 amide bonds. The minimum atomic E-state index is -0.470. The molecule has 1 aromatic carbocycles. The van der Waals surface area contributed by atoms with Crippen LogP contribution in [0.25, 0.3) is 0 Å². The smallest absolute Gasteiger partial charge is 0.292 e. The van der Waals surface area contributed by atoms with Crippen molar-refractivity contribution in [1.82, 2.24) is 0 Å². The molecule has 0 radical (unpaired) electrons. The third-order valence-corrected chi connectivity index (χ3v) is 4.47. The van der Waals surface area contributed by atoms with Gasteiger partial charge in [0.1, 0.15) is 11.5 Å². The minimum Gasteiger partial charge on any atom is -0.377 e. The molecule has 4 nitrogen and oxygen atoms in total. The monoisotopic (exact) mass is 294 g/mol. The van der Waals surface area contributed by atoms with Gasteiger partial charge in [-0.05, 0) is 43.1 Å². The SMILES string of the molecule is CC(C)(C)C1CCC(Nc2cc(F)ccc2[N+](=O)[O-])CC1. The van der Waals surface area contributed by atoms with Crippen LogP contribution in [0.4, 0.5) is 15.8 Å². The topological polar surface area (TPSA) is 55.2 Å². The van der Waals surface area contributed by atoms with Crippen LogP contribution in [0.2, 0.25) is 0 Å². The second-order valence-corrected chi connectivity index (χ2v) is 6.98. The highest BCUT2D eigenvalue weighted by molar-refractivity contribution is 5.61. The van der Waals surface area contributed by atoms with Gasteiger partial charge in [-0.15, -0.1) is 0 Å². The maximum atomic E-state index is 13.3. The highest BCUT2D eigenvalue weighted by Crippen LogP contribution is 2.39. The molecule has 0 unspecified atom stereocenters. The lowest BCUT2D eigenvalue weighted by Crippen LogP contribution is -2.31. The van der Waals surface area contributed by atoms with Crippen LogP contribution in [0.15, 0.2) is 18.2 Å². The molecule has 1 fully saturated rings. The van der Waals surface area contributed by atoms with Crippen molar-refractivity contribution in [3.8, 4) is 0 Å². The van der Waals surface area contributed by atoms with Crippen molar-refractivity contribution in [3.63, 3.8) is 0 Å². The molecule has 0 aliphatic heterocycles. The van der Waals surface area contributed by atoms with E-state index >= 15 is 0 Å². The average Bonchev–Trinajstić information content (AvgIpc) is 2.38. The quantitative estimate of drug-likeness (QED) is 0.646. The van der Waals surface area contributed by atoms with E-state index in [1.54, 1.807) is 0 Å². The Morgan fingerprint density at radius 1 is 1.24 bits per heavy atom. The lowest BCUT2D eigenvalue weighted by Gasteiger charge is -2.37. The number of nitrogens with zero attached hydrogens (tertiary/aromatic N) is 1. The standard InChI is InChI=1S/C16H23FN2O2/c1-16(2,3)11-4-7-13(8-5-11)18-14-10-12(17)6-9-15(14)19(20)21/h6,9-11,13,18H,4-5,7-8H2,1-3H3. The summed E-state index contributed by atoms with van der Waals surface area (Å²) in [4.78, 5) is 10.5. The lowest BCUT2D eigenvalue weighted by molar-refractivity contribution is -0.384. The Hall–Kier alpha value is -1.65. The fourth-order valence-corrected chi connectivity index (χ4v) is 3.11. The summed E-state index contributed by atoms with van der Waals surface area (Å²) in [6.07, 6.45) is 4.14. The summed E-state index contributed by atoms with van der Waals surface area (Å²) in [5.41, 5.74) is 0.532. The molecule has 1 aromatic rings. The summed E-state index contributed by atoms with van der Waals surface area (Å²) in [5.74, 6) is 0.226. The molecule has 0 heterocycles. The van der Waals surface area contributed by atoms with Crippen molar-refractivity contribution < 1.29 is 9.31 Å². The first-order chi connectivity index (χ1) is 9.77. The van der Waals surface area contributed by atoms with Crippen molar-refractivity contribution in [2.24, 2.45) is 11.3 Å². The molecule has 1 N–H and O–H groups in total. The molecule has 116 valence electrons. The fraction of sp³-hybridized carbons (Fsp3) is 0.625. The van der Waals surface area contributed by atoms with E-state index in [4.69, 9.17) is 0 Å². The van der Waals surface area contributed by atoms with Crippen LogP contribution >= 0.6 is 0 Å². The first-order valence-corrected chi connectivity index (χ1v) is 7.48. The zero-order chi connectivity index (χ0) is 15.6. The Labute approximate surface area is 124 Å². The zero-order valence-corrected chi connectivity index (χ0v) is 12.9. The molecule has 0 atom stereocenters. The summed E-state index contributed by atoms with van der Waals surface area (Å²) in [7, 11) is 0. The van der Waals surface area contributed by atoms with Gasteiger partial charge in [-0.25, -0.2) is 4.39 Å². The van der Waals surface area contributed by atoms with Crippen LogP contribution in [0.1, 0.15) is 46.5 Å². The van der Waals surface area contributed by atoms with Crippen molar-refractivity contribution in [3.05, 3.63) is 34.1 Å². The van der Waals surface area contributed by atoms with E-state index in [9.17, 15) is 14.5 Å². The van der Waals surface area contributed by atoms with Gasteiger partial charge in [0, 0.05) is 18.2 Å². The fourth-order valence-electron chi connectivity index (χ4n) is 3.11. The van der Waals surface area contributed by atoms with Crippen molar-refractivity contribution >= 4 is 11.4 Å². The van der Waals surface area contributed by atoms with Crippen molar-refractivity contribution in [2.75, 3.05) is 5.32 Å². The second kappa shape index (κ2) is 6.00.